The number of nitrogens with two attached hydrogens (primary N) is 1. The van der Waals surface area contributed by atoms with Crippen LogP contribution in [0.4, 0.5) is 5.82 Å². The van der Waals surface area contributed by atoms with Crippen molar-refractivity contribution in [2.45, 2.75) is 38.6 Å². The fraction of sp³-hybridized carbons (Fsp3) is 0.692. The number of hydrogen-bond donors (Lipinski definition) is 1. The Balaban J connectivity index is 1.74. The van der Waals surface area contributed by atoms with Crippen LogP contribution >= 0.6 is 0 Å². The second-order valence-corrected chi connectivity index (χ2v) is 5.07. The van der Waals surface area contributed by atoms with Gasteiger partial charge in [-0.1, -0.05) is 25.7 Å². The molecule has 1 fully saturated rings. The molecule has 4 nitrogen and oxygen atoms in total. The maximum absolute atomic E-state index is 5.64. The Kier molecular flexibility index (Phi) is 4.31. The van der Waals surface area contributed by atoms with Crippen molar-refractivity contribution in [2.75, 3.05) is 19.3 Å². The minimum absolute atomic E-state index is 0.555. The monoisotopic (exact) mass is 234 g/mol. The highest BCUT2D eigenvalue weighted by Crippen LogP contribution is 2.27. The number of hydrogen-bond acceptors (Lipinski definition) is 4. The normalized spacial score (nSPS) is 16.8. The molecule has 0 radical (unpaired) electrons. The summed E-state index contributed by atoms with van der Waals surface area (Å²) >= 11 is 0. The first-order chi connectivity index (χ1) is 8.24. The van der Waals surface area contributed by atoms with Crippen LogP contribution in [0.15, 0.2) is 12.3 Å². The molecule has 0 amide bonds. The van der Waals surface area contributed by atoms with Crippen molar-refractivity contribution in [3.05, 3.63) is 18.1 Å². The third-order valence-electron chi connectivity index (χ3n) is 3.53. The molecule has 4 heteroatoms. The number of nitrogens with zero attached hydrogens (tertiary/aromatic N) is 3. The van der Waals surface area contributed by atoms with Crippen LogP contribution in [0.2, 0.25) is 0 Å². The molecule has 0 spiro atoms. The minimum Gasteiger partial charge on any atom is -0.384 e. The molecule has 1 aromatic rings. The number of nitrogen functional groups attached to an aromatic ring is 1. The highest BCUT2D eigenvalue weighted by atomic mass is 15.1. The summed E-state index contributed by atoms with van der Waals surface area (Å²) in [5.41, 5.74) is 5.64. The van der Waals surface area contributed by atoms with Gasteiger partial charge in [0.2, 0.25) is 0 Å². The van der Waals surface area contributed by atoms with Gasteiger partial charge in [-0.3, -0.25) is 4.90 Å². The third-order valence-corrected chi connectivity index (χ3v) is 3.53. The largest absolute Gasteiger partial charge is 0.384 e. The molecule has 1 saturated carbocycles. The Hall–Kier alpha value is -1.16. The van der Waals surface area contributed by atoms with Crippen LogP contribution in [-0.4, -0.2) is 28.5 Å². The number of rotatable bonds is 5. The second-order valence-electron chi connectivity index (χ2n) is 5.07. The van der Waals surface area contributed by atoms with Gasteiger partial charge in [-0.25, -0.2) is 9.97 Å². The summed E-state index contributed by atoms with van der Waals surface area (Å²) in [4.78, 5) is 10.7. The first-order valence-electron chi connectivity index (χ1n) is 6.50. The van der Waals surface area contributed by atoms with Gasteiger partial charge in [0.05, 0.1) is 6.54 Å². The molecule has 1 heterocycles. The number of aromatic nitrogens is 2. The molecule has 0 aromatic carbocycles. The average molecular weight is 234 g/mol. The summed E-state index contributed by atoms with van der Waals surface area (Å²) in [5, 5.41) is 0. The van der Waals surface area contributed by atoms with E-state index in [1.54, 1.807) is 12.3 Å². The zero-order chi connectivity index (χ0) is 12.1. The van der Waals surface area contributed by atoms with Crippen LogP contribution in [0.25, 0.3) is 0 Å². The summed E-state index contributed by atoms with van der Waals surface area (Å²) in [5.74, 6) is 2.32. The summed E-state index contributed by atoms with van der Waals surface area (Å²) in [6.07, 6.45) is 8.71. The highest BCUT2D eigenvalue weighted by molar-refractivity contribution is 5.24. The van der Waals surface area contributed by atoms with E-state index in [4.69, 9.17) is 5.73 Å². The van der Waals surface area contributed by atoms with Crippen LogP contribution in [-0.2, 0) is 6.54 Å². The molecular weight excluding hydrogens is 212 g/mol. The molecule has 94 valence electrons. The molecule has 1 aliphatic carbocycles. The van der Waals surface area contributed by atoms with Crippen molar-refractivity contribution in [3.8, 4) is 0 Å². The van der Waals surface area contributed by atoms with E-state index in [2.05, 4.69) is 21.9 Å². The summed E-state index contributed by atoms with van der Waals surface area (Å²) in [6.45, 7) is 1.92. The second kappa shape index (κ2) is 5.96. The lowest BCUT2D eigenvalue weighted by atomic mass is 10.0. The van der Waals surface area contributed by atoms with Crippen molar-refractivity contribution >= 4 is 5.82 Å². The average Bonchev–Trinajstić information content (AvgIpc) is 2.79. The van der Waals surface area contributed by atoms with Crippen molar-refractivity contribution < 1.29 is 0 Å². The Morgan fingerprint density at radius 2 is 2.18 bits per heavy atom. The molecule has 1 aromatic heterocycles. The van der Waals surface area contributed by atoms with Crippen LogP contribution in [0.3, 0.4) is 0 Å². The van der Waals surface area contributed by atoms with Crippen molar-refractivity contribution in [1.29, 1.82) is 0 Å². The van der Waals surface area contributed by atoms with Crippen molar-refractivity contribution in [2.24, 2.45) is 5.92 Å². The first-order valence-corrected chi connectivity index (χ1v) is 6.50. The Bertz CT molecular complexity index is 347. The predicted octanol–water partition coefficient (Wildman–Crippen LogP) is 2.07. The van der Waals surface area contributed by atoms with Crippen LogP contribution in [0.5, 0.6) is 0 Å². The topological polar surface area (TPSA) is 55.0 Å². The lowest BCUT2D eigenvalue weighted by molar-refractivity contribution is 0.288. The van der Waals surface area contributed by atoms with Crippen molar-refractivity contribution in [1.82, 2.24) is 14.9 Å². The van der Waals surface area contributed by atoms with Gasteiger partial charge in [-0.05, 0) is 32.0 Å². The summed E-state index contributed by atoms with van der Waals surface area (Å²) in [7, 11) is 2.13. The van der Waals surface area contributed by atoms with Crippen LogP contribution < -0.4 is 5.73 Å². The molecule has 0 aliphatic heterocycles. The summed E-state index contributed by atoms with van der Waals surface area (Å²) in [6, 6.07) is 1.72. The SMILES string of the molecule is CN(CCC1CCCC1)Cc1nccc(N)n1. The lowest BCUT2D eigenvalue weighted by Gasteiger charge is -2.18. The maximum atomic E-state index is 5.64. The van der Waals surface area contributed by atoms with Gasteiger partial charge in [0.1, 0.15) is 11.6 Å². The fourth-order valence-electron chi connectivity index (χ4n) is 2.51. The van der Waals surface area contributed by atoms with Gasteiger partial charge >= 0.3 is 0 Å². The maximum Gasteiger partial charge on any atom is 0.144 e. The van der Waals surface area contributed by atoms with Crippen LogP contribution in [0, 0.1) is 5.92 Å². The highest BCUT2D eigenvalue weighted by Gasteiger charge is 2.15. The molecular formula is C13H22N4. The molecule has 0 bridgehead atoms. The minimum atomic E-state index is 0.555. The van der Waals surface area contributed by atoms with E-state index in [0.717, 1.165) is 24.8 Å². The first kappa shape index (κ1) is 12.3. The zero-order valence-corrected chi connectivity index (χ0v) is 10.6. The van der Waals surface area contributed by atoms with Gasteiger partial charge in [-0.2, -0.15) is 0 Å². The van der Waals surface area contributed by atoms with Gasteiger partial charge in [-0.15, -0.1) is 0 Å². The molecule has 17 heavy (non-hydrogen) atoms. The Morgan fingerprint density at radius 1 is 1.41 bits per heavy atom. The van der Waals surface area contributed by atoms with Gasteiger partial charge in [0.25, 0.3) is 0 Å². The molecule has 0 saturated heterocycles. The van der Waals surface area contributed by atoms with E-state index in [9.17, 15) is 0 Å². The van der Waals surface area contributed by atoms with E-state index in [1.807, 2.05) is 0 Å². The van der Waals surface area contributed by atoms with E-state index in [-0.39, 0.29) is 0 Å². The van der Waals surface area contributed by atoms with E-state index in [1.165, 1.54) is 32.1 Å². The predicted molar refractivity (Wildman–Crippen MR) is 69.4 cm³/mol. The molecule has 0 atom stereocenters. The van der Waals surface area contributed by atoms with Crippen LogP contribution in [0.1, 0.15) is 37.9 Å². The number of anilines is 1. The van der Waals surface area contributed by atoms with Gasteiger partial charge in [0, 0.05) is 6.20 Å². The van der Waals surface area contributed by atoms with Gasteiger partial charge in [0.15, 0.2) is 0 Å². The molecule has 2 N–H and O–H groups in total. The smallest absolute Gasteiger partial charge is 0.144 e. The molecule has 1 aliphatic rings. The third kappa shape index (κ3) is 3.97. The lowest BCUT2D eigenvalue weighted by Crippen LogP contribution is -2.22. The van der Waals surface area contributed by atoms with E-state index in [0.29, 0.717) is 5.82 Å². The Labute approximate surface area is 103 Å². The van der Waals surface area contributed by atoms with E-state index < -0.39 is 0 Å². The Morgan fingerprint density at radius 3 is 2.88 bits per heavy atom. The van der Waals surface area contributed by atoms with E-state index >= 15 is 0 Å². The van der Waals surface area contributed by atoms with Crippen molar-refractivity contribution in [3.63, 3.8) is 0 Å². The van der Waals surface area contributed by atoms with Gasteiger partial charge < -0.3 is 5.73 Å². The summed E-state index contributed by atoms with van der Waals surface area (Å²) < 4.78 is 0. The standard InChI is InChI=1S/C13H22N4/c1-17(9-7-11-4-2-3-5-11)10-13-15-8-6-12(14)16-13/h6,8,11H,2-5,7,9-10H2,1H3,(H2,14,15,16). The quantitative estimate of drug-likeness (QED) is 0.847. The zero-order valence-electron chi connectivity index (χ0n) is 10.6. The fourth-order valence-corrected chi connectivity index (χ4v) is 2.51. The molecule has 0 unspecified atom stereocenters. The molecule has 2 rings (SSSR count).